The lowest BCUT2D eigenvalue weighted by Gasteiger charge is -2.34. The molecule has 1 aromatic carbocycles. The van der Waals surface area contributed by atoms with Crippen LogP contribution in [0.4, 0.5) is 24.5 Å². The van der Waals surface area contributed by atoms with E-state index in [0.717, 1.165) is 17.7 Å². The van der Waals surface area contributed by atoms with E-state index >= 15 is 0 Å². The van der Waals surface area contributed by atoms with Crippen LogP contribution in [0, 0.1) is 0 Å². The molecule has 0 aliphatic carbocycles. The molecule has 39 heavy (non-hydrogen) atoms. The summed E-state index contributed by atoms with van der Waals surface area (Å²) < 4.78 is 47.1. The van der Waals surface area contributed by atoms with E-state index in [0.29, 0.717) is 62.9 Å². The second-order valence-corrected chi connectivity index (χ2v) is 9.67. The summed E-state index contributed by atoms with van der Waals surface area (Å²) in [5.74, 6) is 0.165. The average molecular weight is 546 g/mol. The fraction of sp³-hybridized carbons (Fsp3) is 0.462. The molecule has 2 aliphatic heterocycles. The molecule has 1 fully saturated rings. The Labute approximate surface area is 222 Å². The minimum atomic E-state index is -4.47. The minimum absolute atomic E-state index is 0.161. The zero-order valence-electron chi connectivity index (χ0n) is 21.7. The largest absolute Gasteiger partial charge is 0.416 e. The molecule has 1 saturated heterocycles. The molecule has 5 rings (SSSR count). The molecule has 0 spiro atoms. The Kier molecular flexibility index (Phi) is 7.45. The lowest BCUT2D eigenvalue weighted by Crippen LogP contribution is -2.51. The summed E-state index contributed by atoms with van der Waals surface area (Å²) >= 11 is 0. The number of halogens is 3. The molecule has 0 saturated carbocycles. The van der Waals surface area contributed by atoms with Crippen LogP contribution in [0.3, 0.4) is 0 Å². The summed E-state index contributed by atoms with van der Waals surface area (Å²) in [5.41, 5.74) is 1.10. The summed E-state index contributed by atoms with van der Waals surface area (Å²) in [4.78, 5) is 33.6. The van der Waals surface area contributed by atoms with Gasteiger partial charge in [0.05, 0.1) is 24.5 Å². The van der Waals surface area contributed by atoms with Gasteiger partial charge in [0.25, 0.3) is 5.56 Å². The van der Waals surface area contributed by atoms with Crippen molar-refractivity contribution >= 4 is 28.6 Å². The minimum Gasteiger partial charge on any atom is -0.377 e. The number of piperazine rings is 1. The first kappa shape index (κ1) is 26.9. The van der Waals surface area contributed by atoms with E-state index < -0.39 is 17.6 Å². The van der Waals surface area contributed by atoms with Crippen molar-refractivity contribution in [2.45, 2.75) is 45.5 Å². The Morgan fingerprint density at radius 3 is 2.67 bits per heavy atom. The van der Waals surface area contributed by atoms with Gasteiger partial charge in [-0.25, -0.2) is 0 Å². The number of nitrogens with zero attached hydrogens (tertiary/aromatic N) is 5. The van der Waals surface area contributed by atoms with Crippen LogP contribution in [0.5, 0.6) is 0 Å². The quantitative estimate of drug-likeness (QED) is 0.491. The average Bonchev–Trinajstić information content (AvgIpc) is 3.36. The lowest BCUT2D eigenvalue weighted by molar-refractivity contribution is -0.137. The second-order valence-electron chi connectivity index (χ2n) is 9.67. The first-order valence-electron chi connectivity index (χ1n) is 12.9. The molecule has 0 radical (unpaired) electrons. The van der Waals surface area contributed by atoms with Gasteiger partial charge in [0, 0.05) is 31.4 Å². The topological polar surface area (TPSA) is 106 Å². The third-order valence-electron chi connectivity index (χ3n) is 6.89. The summed E-state index contributed by atoms with van der Waals surface area (Å²) in [7, 11) is 0. The van der Waals surface area contributed by atoms with Gasteiger partial charge in [0.2, 0.25) is 11.7 Å². The van der Waals surface area contributed by atoms with Crippen molar-refractivity contribution in [3.05, 3.63) is 57.8 Å². The number of hydrogen-bond acceptors (Lipinski definition) is 7. The highest BCUT2D eigenvalue weighted by Gasteiger charge is 2.30. The Bertz CT molecular complexity index is 1460. The zero-order valence-corrected chi connectivity index (χ0v) is 21.7. The molecule has 1 amide bonds. The number of anilines is 2. The molecule has 2 aromatic heterocycles. The Balaban J connectivity index is 1.56. The lowest BCUT2D eigenvalue weighted by atomic mass is 10.1. The van der Waals surface area contributed by atoms with Crippen LogP contribution in [-0.2, 0) is 28.7 Å². The van der Waals surface area contributed by atoms with Crippen molar-refractivity contribution in [3.8, 4) is 0 Å². The van der Waals surface area contributed by atoms with Gasteiger partial charge >= 0.3 is 6.18 Å². The Hall–Kier alpha value is -3.71. The molecule has 208 valence electrons. The number of fused-ring (bicyclic) bond motifs is 1. The van der Waals surface area contributed by atoms with Crippen molar-refractivity contribution in [1.82, 2.24) is 24.5 Å². The van der Waals surface area contributed by atoms with Crippen molar-refractivity contribution in [2.75, 3.05) is 43.1 Å². The molecule has 1 atom stereocenters. The van der Waals surface area contributed by atoms with Crippen molar-refractivity contribution in [1.29, 1.82) is 0 Å². The standard InChI is InChI=1S/C26H30F3N7O3/c1-3-20-22(34-11-10-30-16(2)14-34)24(38)36-25(32-23(33-36)17-8-12-39-13-9-17)35(20)15-21(37)31-19-6-4-18(5-7-19)26(27,28)29/h4-8,16,30H,3,9-15H2,1-2H3,(H,31,37)/t16-/m1/s1. The number of amides is 1. The number of carbonyl (C=O) groups is 1. The van der Waals surface area contributed by atoms with E-state index in [4.69, 9.17) is 4.74 Å². The summed E-state index contributed by atoms with van der Waals surface area (Å²) in [6.07, 6.45) is -1.54. The fourth-order valence-electron chi connectivity index (χ4n) is 5.02. The number of alkyl halides is 3. The molecule has 0 unspecified atom stereocenters. The first-order valence-corrected chi connectivity index (χ1v) is 12.9. The van der Waals surface area contributed by atoms with Crippen LogP contribution >= 0.6 is 0 Å². The molecule has 13 heteroatoms. The molecule has 3 aromatic rings. The van der Waals surface area contributed by atoms with Gasteiger partial charge in [-0.1, -0.05) is 13.0 Å². The van der Waals surface area contributed by atoms with Crippen LogP contribution in [0.15, 0.2) is 35.1 Å². The van der Waals surface area contributed by atoms with Crippen molar-refractivity contribution in [3.63, 3.8) is 0 Å². The number of nitrogens with one attached hydrogen (secondary N) is 2. The van der Waals surface area contributed by atoms with E-state index in [1.807, 2.05) is 24.8 Å². The number of ether oxygens (including phenoxy) is 1. The van der Waals surface area contributed by atoms with Gasteiger partial charge in [0.1, 0.15) is 12.2 Å². The molecule has 2 aliphatic rings. The van der Waals surface area contributed by atoms with E-state index in [-0.39, 0.29) is 29.6 Å². The maximum Gasteiger partial charge on any atom is 0.416 e. The van der Waals surface area contributed by atoms with Crippen molar-refractivity contribution < 1.29 is 22.7 Å². The maximum atomic E-state index is 13.8. The van der Waals surface area contributed by atoms with Crippen molar-refractivity contribution in [2.24, 2.45) is 0 Å². The van der Waals surface area contributed by atoms with Crippen LogP contribution in [0.1, 0.15) is 37.4 Å². The van der Waals surface area contributed by atoms with Gasteiger partial charge in [-0.15, -0.1) is 5.10 Å². The van der Waals surface area contributed by atoms with Gasteiger partial charge in [0.15, 0.2) is 5.82 Å². The number of hydrogen-bond donors (Lipinski definition) is 2. The third-order valence-corrected chi connectivity index (χ3v) is 6.89. The van der Waals surface area contributed by atoms with Gasteiger partial charge in [-0.2, -0.15) is 22.7 Å². The predicted molar refractivity (Wildman–Crippen MR) is 140 cm³/mol. The van der Waals surface area contributed by atoms with Crippen LogP contribution < -0.4 is 21.1 Å². The van der Waals surface area contributed by atoms with E-state index in [1.165, 1.54) is 16.6 Å². The summed E-state index contributed by atoms with van der Waals surface area (Å²) in [6, 6.07) is 4.42. The summed E-state index contributed by atoms with van der Waals surface area (Å²) in [5, 5.41) is 10.6. The van der Waals surface area contributed by atoms with Crippen LogP contribution in [-0.4, -0.2) is 64.0 Å². The zero-order chi connectivity index (χ0) is 27.7. The Morgan fingerprint density at radius 2 is 2.03 bits per heavy atom. The smallest absolute Gasteiger partial charge is 0.377 e. The molecule has 0 bridgehead atoms. The summed E-state index contributed by atoms with van der Waals surface area (Å²) in [6.45, 7) is 6.60. The third kappa shape index (κ3) is 5.55. The maximum absolute atomic E-state index is 13.8. The highest BCUT2D eigenvalue weighted by atomic mass is 19.4. The predicted octanol–water partition coefficient (Wildman–Crippen LogP) is 2.71. The SMILES string of the molecule is CCc1c(N2CCN[C@H](C)C2)c(=O)n2nc(C3=CCOCC3)nc2n1CC(=O)Nc1ccc(C(F)(F)F)cc1. The number of benzene rings is 1. The van der Waals surface area contributed by atoms with E-state index in [2.05, 4.69) is 20.7 Å². The highest BCUT2D eigenvalue weighted by Crippen LogP contribution is 2.30. The molecular formula is C26H30F3N7O3. The van der Waals surface area contributed by atoms with Gasteiger partial charge in [-0.3, -0.25) is 9.59 Å². The Morgan fingerprint density at radius 1 is 1.26 bits per heavy atom. The van der Waals surface area contributed by atoms with E-state index in [1.54, 1.807) is 4.57 Å². The van der Waals surface area contributed by atoms with Gasteiger partial charge in [-0.05, 0) is 49.6 Å². The van der Waals surface area contributed by atoms with Crippen LogP contribution in [0.2, 0.25) is 0 Å². The molecular weight excluding hydrogens is 515 g/mol. The molecule has 4 heterocycles. The monoisotopic (exact) mass is 545 g/mol. The molecule has 2 N–H and O–H groups in total. The second kappa shape index (κ2) is 10.8. The fourth-order valence-corrected chi connectivity index (χ4v) is 5.02. The van der Waals surface area contributed by atoms with Gasteiger partial charge < -0.3 is 24.8 Å². The number of carbonyl (C=O) groups excluding carboxylic acids is 1. The van der Waals surface area contributed by atoms with Crippen LogP contribution in [0.25, 0.3) is 11.4 Å². The van der Waals surface area contributed by atoms with E-state index in [9.17, 15) is 22.8 Å². The number of aromatic nitrogens is 4. The molecule has 10 nitrogen and oxygen atoms in total. The first-order chi connectivity index (χ1) is 18.7. The number of rotatable bonds is 6. The highest BCUT2D eigenvalue weighted by molar-refractivity contribution is 5.91. The normalized spacial score (nSPS) is 18.3.